The zero-order valence-electron chi connectivity index (χ0n) is 13.5. The molecule has 0 aliphatic heterocycles. The first kappa shape index (κ1) is 17.6. The molecule has 1 N–H and O–H groups in total. The molecule has 1 aromatic heterocycles. The summed E-state index contributed by atoms with van der Waals surface area (Å²) in [6, 6.07) is 9.90. The second kappa shape index (κ2) is 7.33. The van der Waals surface area contributed by atoms with Crippen LogP contribution in [0.5, 0.6) is 0 Å². The van der Waals surface area contributed by atoms with Crippen LogP contribution in [0.3, 0.4) is 0 Å². The third kappa shape index (κ3) is 4.23. The number of sulfonamides is 1. The second-order valence-electron chi connectivity index (χ2n) is 6.53. The molecule has 6 heteroatoms. The monoisotopic (exact) mass is 367 g/mol. The average Bonchev–Trinajstić information content (AvgIpc) is 3.09. The summed E-state index contributed by atoms with van der Waals surface area (Å²) in [4.78, 5) is 1.26. The van der Waals surface area contributed by atoms with Crippen molar-refractivity contribution in [1.82, 2.24) is 4.72 Å². The number of thiophene rings is 1. The maximum absolute atomic E-state index is 13.3. The van der Waals surface area contributed by atoms with E-state index in [1.54, 1.807) is 17.4 Å². The van der Waals surface area contributed by atoms with Crippen molar-refractivity contribution in [2.75, 3.05) is 6.54 Å². The summed E-state index contributed by atoms with van der Waals surface area (Å²) in [5, 5.41) is 2.05. The molecule has 1 heterocycles. The summed E-state index contributed by atoms with van der Waals surface area (Å²) < 4.78 is 40.9. The van der Waals surface area contributed by atoms with Crippen LogP contribution in [0.4, 0.5) is 4.39 Å². The normalized spacial score (nSPS) is 17.7. The average molecular weight is 368 g/mol. The Kier molecular flexibility index (Phi) is 5.37. The fourth-order valence-corrected chi connectivity index (χ4v) is 5.67. The van der Waals surface area contributed by atoms with Crippen LogP contribution in [-0.4, -0.2) is 15.0 Å². The minimum atomic E-state index is -3.49. The molecule has 1 saturated carbocycles. The number of halogens is 1. The van der Waals surface area contributed by atoms with Crippen molar-refractivity contribution in [2.24, 2.45) is 0 Å². The first-order chi connectivity index (χ1) is 11.5. The van der Waals surface area contributed by atoms with Gasteiger partial charge in [0.1, 0.15) is 5.82 Å². The lowest BCUT2D eigenvalue weighted by atomic mass is 9.73. The first-order valence-electron chi connectivity index (χ1n) is 8.25. The van der Waals surface area contributed by atoms with Gasteiger partial charge >= 0.3 is 0 Å². The highest BCUT2D eigenvalue weighted by Gasteiger charge is 2.35. The van der Waals surface area contributed by atoms with Gasteiger partial charge in [0.15, 0.2) is 0 Å². The number of nitrogens with one attached hydrogen (secondary N) is 1. The Hall–Kier alpha value is -1.24. The molecular weight excluding hydrogens is 345 g/mol. The van der Waals surface area contributed by atoms with Gasteiger partial charge in [-0.2, -0.15) is 0 Å². The molecule has 3 rings (SSSR count). The van der Waals surface area contributed by atoms with Crippen molar-refractivity contribution in [2.45, 2.75) is 43.3 Å². The minimum Gasteiger partial charge on any atom is -0.214 e. The zero-order chi connectivity index (χ0) is 17.0. The van der Waals surface area contributed by atoms with E-state index in [1.807, 2.05) is 11.4 Å². The molecule has 1 aliphatic carbocycles. The molecule has 1 aromatic carbocycles. The highest BCUT2D eigenvalue weighted by Crippen LogP contribution is 2.41. The van der Waals surface area contributed by atoms with E-state index >= 15 is 0 Å². The highest BCUT2D eigenvalue weighted by molar-refractivity contribution is 7.88. The van der Waals surface area contributed by atoms with Crippen molar-refractivity contribution in [1.29, 1.82) is 0 Å². The number of hydrogen-bond acceptors (Lipinski definition) is 3. The highest BCUT2D eigenvalue weighted by atomic mass is 32.2. The van der Waals surface area contributed by atoms with Crippen LogP contribution in [0.25, 0.3) is 0 Å². The predicted molar refractivity (Wildman–Crippen MR) is 96.1 cm³/mol. The fourth-order valence-electron chi connectivity index (χ4n) is 3.46. The van der Waals surface area contributed by atoms with Gasteiger partial charge in [-0.05, 0) is 42.0 Å². The van der Waals surface area contributed by atoms with Gasteiger partial charge in [0.25, 0.3) is 0 Å². The van der Waals surface area contributed by atoms with Crippen molar-refractivity contribution >= 4 is 21.4 Å². The van der Waals surface area contributed by atoms with Crippen LogP contribution in [-0.2, 0) is 21.2 Å². The summed E-state index contributed by atoms with van der Waals surface area (Å²) in [5.41, 5.74) is 0.373. The fraction of sp³-hybridized carbons (Fsp3) is 0.444. The summed E-state index contributed by atoms with van der Waals surface area (Å²) in [7, 11) is -3.49. The van der Waals surface area contributed by atoms with E-state index in [-0.39, 0.29) is 11.2 Å². The molecule has 24 heavy (non-hydrogen) atoms. The number of rotatable bonds is 6. The molecule has 0 saturated heterocycles. The van der Waals surface area contributed by atoms with Gasteiger partial charge < -0.3 is 0 Å². The number of benzene rings is 1. The van der Waals surface area contributed by atoms with Crippen LogP contribution >= 0.6 is 11.3 Å². The molecule has 0 radical (unpaired) electrons. The lowest BCUT2D eigenvalue weighted by molar-refractivity contribution is 0.298. The summed E-state index contributed by atoms with van der Waals surface area (Å²) in [5.74, 6) is -0.601. The Morgan fingerprint density at radius 3 is 2.58 bits per heavy atom. The van der Waals surface area contributed by atoms with Crippen LogP contribution in [0, 0.1) is 5.82 Å². The summed E-state index contributed by atoms with van der Waals surface area (Å²) in [6.45, 7) is 0.422. The lowest BCUT2D eigenvalue weighted by Gasteiger charge is -2.36. The Labute approximate surface area is 147 Å². The van der Waals surface area contributed by atoms with Crippen LogP contribution < -0.4 is 4.72 Å². The molecule has 0 bridgehead atoms. The molecular formula is C18H22FNO2S2. The molecule has 0 atom stereocenters. The van der Waals surface area contributed by atoms with E-state index < -0.39 is 15.8 Å². The third-order valence-electron chi connectivity index (χ3n) is 4.73. The summed E-state index contributed by atoms with van der Waals surface area (Å²) >= 11 is 1.70. The lowest BCUT2D eigenvalue weighted by Crippen LogP contribution is -2.42. The quantitative estimate of drug-likeness (QED) is 0.831. The molecule has 0 unspecified atom stereocenters. The Morgan fingerprint density at radius 2 is 1.92 bits per heavy atom. The Bertz CT molecular complexity index is 766. The molecule has 1 aliphatic rings. The van der Waals surface area contributed by atoms with E-state index in [9.17, 15) is 12.8 Å². The van der Waals surface area contributed by atoms with Gasteiger partial charge in [-0.3, -0.25) is 0 Å². The van der Waals surface area contributed by atoms with E-state index in [0.29, 0.717) is 12.1 Å². The van der Waals surface area contributed by atoms with Crippen LogP contribution in [0.2, 0.25) is 0 Å². The second-order valence-corrected chi connectivity index (χ2v) is 9.28. The van der Waals surface area contributed by atoms with Crippen molar-refractivity contribution in [3.05, 3.63) is 58.0 Å². The largest absolute Gasteiger partial charge is 0.215 e. The molecule has 130 valence electrons. The number of hydrogen-bond donors (Lipinski definition) is 1. The summed E-state index contributed by atoms with van der Waals surface area (Å²) in [6.07, 6.45) is 5.49. The standard InChI is InChI=1S/C18H22FNO2S2/c19-16-7-4-6-15(12-16)13-24(21,22)20-14-18(9-2-1-3-10-18)17-8-5-11-23-17/h4-8,11-12,20H,1-3,9-10,13-14H2. The van der Waals surface area contributed by atoms with Crippen molar-refractivity contribution in [3.63, 3.8) is 0 Å². The van der Waals surface area contributed by atoms with E-state index in [0.717, 1.165) is 25.7 Å². The van der Waals surface area contributed by atoms with Gasteiger partial charge in [0, 0.05) is 16.8 Å². The van der Waals surface area contributed by atoms with E-state index in [1.165, 1.54) is 29.5 Å². The molecule has 3 nitrogen and oxygen atoms in total. The van der Waals surface area contributed by atoms with Gasteiger partial charge in [0.05, 0.1) is 5.75 Å². The molecule has 2 aromatic rings. The van der Waals surface area contributed by atoms with Gasteiger partial charge in [-0.1, -0.05) is 37.5 Å². The van der Waals surface area contributed by atoms with Gasteiger partial charge in [-0.15, -0.1) is 11.3 Å². The van der Waals surface area contributed by atoms with Crippen LogP contribution in [0.15, 0.2) is 41.8 Å². The predicted octanol–water partition coefficient (Wildman–Crippen LogP) is 4.21. The zero-order valence-corrected chi connectivity index (χ0v) is 15.1. The maximum Gasteiger partial charge on any atom is 0.215 e. The Morgan fingerprint density at radius 1 is 1.12 bits per heavy atom. The molecule has 0 spiro atoms. The van der Waals surface area contributed by atoms with Gasteiger partial charge in [-0.25, -0.2) is 17.5 Å². The third-order valence-corrected chi connectivity index (χ3v) is 7.14. The van der Waals surface area contributed by atoms with Gasteiger partial charge in [0.2, 0.25) is 10.0 Å². The Balaban J connectivity index is 1.72. The minimum absolute atomic E-state index is 0.0958. The topological polar surface area (TPSA) is 46.2 Å². The molecule has 1 fully saturated rings. The van der Waals surface area contributed by atoms with Crippen molar-refractivity contribution < 1.29 is 12.8 Å². The van der Waals surface area contributed by atoms with E-state index in [4.69, 9.17) is 0 Å². The van der Waals surface area contributed by atoms with Crippen molar-refractivity contribution in [3.8, 4) is 0 Å². The van der Waals surface area contributed by atoms with Crippen LogP contribution in [0.1, 0.15) is 42.5 Å². The smallest absolute Gasteiger partial charge is 0.214 e. The first-order valence-corrected chi connectivity index (χ1v) is 10.8. The SMILES string of the molecule is O=S(=O)(Cc1cccc(F)c1)NCC1(c2cccs2)CCCCC1. The maximum atomic E-state index is 13.3. The van der Waals surface area contributed by atoms with E-state index in [2.05, 4.69) is 10.8 Å². The molecule has 0 amide bonds.